The normalized spacial score (nSPS) is 11.2. The van der Waals surface area contributed by atoms with E-state index in [0.717, 1.165) is 11.3 Å². The molecule has 17 heavy (non-hydrogen) atoms. The summed E-state index contributed by atoms with van der Waals surface area (Å²) in [5, 5.41) is 2.81. The van der Waals surface area contributed by atoms with Gasteiger partial charge in [0.1, 0.15) is 5.75 Å². The lowest BCUT2D eigenvalue weighted by molar-refractivity contribution is -0.120. The predicted molar refractivity (Wildman–Crippen MR) is 70.6 cm³/mol. The van der Waals surface area contributed by atoms with Crippen molar-refractivity contribution in [3.05, 3.63) is 29.8 Å². The average molecular weight is 259 g/mol. The minimum absolute atomic E-state index is 0. The lowest BCUT2D eigenvalue weighted by Crippen LogP contribution is -2.38. The van der Waals surface area contributed by atoms with Gasteiger partial charge in [0.2, 0.25) is 5.91 Å². The van der Waals surface area contributed by atoms with Crippen molar-refractivity contribution < 1.29 is 9.53 Å². The van der Waals surface area contributed by atoms with E-state index >= 15 is 0 Å². The fourth-order valence-corrected chi connectivity index (χ4v) is 1.35. The Balaban J connectivity index is 0.00000256. The Bertz CT molecular complexity index is 358. The molecule has 1 rings (SSSR count). The summed E-state index contributed by atoms with van der Waals surface area (Å²) in [6, 6.07) is 7.48. The molecule has 0 saturated carbocycles. The number of hydrogen-bond donors (Lipinski definition) is 2. The Kier molecular flexibility index (Phi) is 7.34. The summed E-state index contributed by atoms with van der Waals surface area (Å²) in [5.41, 5.74) is 6.36. The number of amides is 1. The van der Waals surface area contributed by atoms with Crippen molar-refractivity contribution in [3.8, 4) is 5.75 Å². The van der Waals surface area contributed by atoms with E-state index in [9.17, 15) is 4.79 Å². The number of methoxy groups -OCH3 is 1. The monoisotopic (exact) mass is 258 g/mol. The van der Waals surface area contributed by atoms with Gasteiger partial charge >= 0.3 is 0 Å². The largest absolute Gasteiger partial charge is 0.497 e. The van der Waals surface area contributed by atoms with Crippen LogP contribution in [0.3, 0.4) is 0 Å². The number of halogens is 1. The third kappa shape index (κ3) is 5.56. The second kappa shape index (κ2) is 7.92. The number of carbonyl (C=O) groups is 1. The minimum atomic E-state index is -0.0220. The second-order valence-electron chi connectivity index (χ2n) is 3.73. The van der Waals surface area contributed by atoms with Crippen LogP contribution in [-0.2, 0) is 11.2 Å². The fraction of sp³-hybridized carbons (Fsp3) is 0.417. The molecule has 0 bridgehead atoms. The number of ether oxygens (including phenoxy) is 1. The minimum Gasteiger partial charge on any atom is -0.497 e. The summed E-state index contributed by atoms with van der Waals surface area (Å²) >= 11 is 0. The second-order valence-corrected chi connectivity index (χ2v) is 3.73. The van der Waals surface area contributed by atoms with Crippen molar-refractivity contribution in [2.24, 2.45) is 5.73 Å². The third-order valence-corrected chi connectivity index (χ3v) is 2.26. The molecular formula is C12H19ClN2O2. The van der Waals surface area contributed by atoms with Crippen LogP contribution in [0, 0.1) is 0 Å². The van der Waals surface area contributed by atoms with Crippen molar-refractivity contribution in [1.29, 1.82) is 0 Å². The standard InChI is InChI=1S/C12H18N2O2.ClH/c1-9(8-13)14-12(15)7-10-4-3-5-11(6-10)16-2;/h3-6,9H,7-8,13H2,1-2H3,(H,14,15);1H/t9-;/m0./s1. The highest BCUT2D eigenvalue weighted by molar-refractivity contribution is 5.85. The molecule has 5 heteroatoms. The molecule has 1 aromatic rings. The van der Waals surface area contributed by atoms with Gasteiger partial charge in [-0.2, -0.15) is 0 Å². The van der Waals surface area contributed by atoms with Crippen molar-refractivity contribution >= 4 is 18.3 Å². The van der Waals surface area contributed by atoms with Gasteiger partial charge in [-0.25, -0.2) is 0 Å². The van der Waals surface area contributed by atoms with Crippen LogP contribution in [0.1, 0.15) is 12.5 Å². The van der Waals surface area contributed by atoms with Gasteiger partial charge in [0.15, 0.2) is 0 Å². The molecule has 0 aromatic heterocycles. The lowest BCUT2D eigenvalue weighted by atomic mass is 10.1. The maximum Gasteiger partial charge on any atom is 0.224 e. The number of benzene rings is 1. The average Bonchev–Trinajstić information content (AvgIpc) is 2.28. The number of nitrogens with one attached hydrogen (secondary N) is 1. The Morgan fingerprint density at radius 2 is 2.24 bits per heavy atom. The van der Waals surface area contributed by atoms with Crippen LogP contribution >= 0.6 is 12.4 Å². The number of hydrogen-bond acceptors (Lipinski definition) is 3. The van der Waals surface area contributed by atoms with Crippen LogP contribution in [0.5, 0.6) is 5.75 Å². The zero-order valence-corrected chi connectivity index (χ0v) is 10.9. The molecular weight excluding hydrogens is 240 g/mol. The maximum atomic E-state index is 11.6. The molecule has 0 aliphatic carbocycles. The van der Waals surface area contributed by atoms with Crippen LogP contribution in [0.25, 0.3) is 0 Å². The Hall–Kier alpha value is -1.26. The Morgan fingerprint density at radius 1 is 1.53 bits per heavy atom. The molecule has 0 heterocycles. The summed E-state index contributed by atoms with van der Waals surface area (Å²) in [6.45, 7) is 2.33. The van der Waals surface area contributed by atoms with E-state index in [2.05, 4.69) is 5.32 Å². The van der Waals surface area contributed by atoms with Crippen molar-refractivity contribution in [3.63, 3.8) is 0 Å². The highest BCUT2D eigenvalue weighted by atomic mass is 35.5. The summed E-state index contributed by atoms with van der Waals surface area (Å²) in [6.07, 6.45) is 0.349. The molecule has 0 radical (unpaired) electrons. The van der Waals surface area contributed by atoms with Gasteiger partial charge in [0.25, 0.3) is 0 Å². The number of rotatable bonds is 5. The van der Waals surface area contributed by atoms with E-state index in [-0.39, 0.29) is 24.4 Å². The Labute approximate surface area is 108 Å². The fourth-order valence-electron chi connectivity index (χ4n) is 1.35. The maximum absolute atomic E-state index is 11.6. The molecule has 0 spiro atoms. The highest BCUT2D eigenvalue weighted by Crippen LogP contribution is 2.12. The highest BCUT2D eigenvalue weighted by Gasteiger charge is 2.07. The zero-order chi connectivity index (χ0) is 12.0. The molecule has 0 saturated heterocycles. The molecule has 96 valence electrons. The first kappa shape index (κ1) is 15.7. The van der Waals surface area contributed by atoms with Gasteiger partial charge < -0.3 is 15.8 Å². The van der Waals surface area contributed by atoms with E-state index < -0.39 is 0 Å². The van der Waals surface area contributed by atoms with E-state index in [0.29, 0.717) is 13.0 Å². The van der Waals surface area contributed by atoms with Crippen LogP contribution in [0.2, 0.25) is 0 Å². The van der Waals surface area contributed by atoms with Crippen molar-refractivity contribution in [2.75, 3.05) is 13.7 Å². The van der Waals surface area contributed by atoms with Crippen LogP contribution in [0.4, 0.5) is 0 Å². The van der Waals surface area contributed by atoms with E-state index in [4.69, 9.17) is 10.5 Å². The predicted octanol–water partition coefficient (Wildman–Crippen LogP) is 1.12. The van der Waals surface area contributed by atoms with Crippen molar-refractivity contribution in [1.82, 2.24) is 5.32 Å². The van der Waals surface area contributed by atoms with Gasteiger partial charge in [-0.3, -0.25) is 4.79 Å². The van der Waals surface area contributed by atoms with Crippen molar-refractivity contribution in [2.45, 2.75) is 19.4 Å². The van der Waals surface area contributed by atoms with Gasteiger partial charge in [-0.1, -0.05) is 12.1 Å². The van der Waals surface area contributed by atoms with Gasteiger partial charge in [-0.15, -0.1) is 12.4 Å². The quantitative estimate of drug-likeness (QED) is 0.832. The van der Waals surface area contributed by atoms with E-state index in [1.165, 1.54) is 0 Å². The lowest BCUT2D eigenvalue weighted by Gasteiger charge is -2.11. The number of nitrogens with two attached hydrogens (primary N) is 1. The van der Waals surface area contributed by atoms with Gasteiger partial charge in [0, 0.05) is 12.6 Å². The molecule has 3 N–H and O–H groups in total. The summed E-state index contributed by atoms with van der Waals surface area (Å²) in [7, 11) is 1.61. The molecule has 0 unspecified atom stereocenters. The van der Waals surface area contributed by atoms with Gasteiger partial charge in [-0.05, 0) is 24.6 Å². The molecule has 1 amide bonds. The first-order valence-corrected chi connectivity index (χ1v) is 5.28. The zero-order valence-electron chi connectivity index (χ0n) is 10.1. The van der Waals surface area contributed by atoms with Gasteiger partial charge in [0.05, 0.1) is 13.5 Å². The van der Waals surface area contributed by atoms with Crippen LogP contribution in [-0.4, -0.2) is 25.6 Å². The summed E-state index contributed by atoms with van der Waals surface area (Å²) in [4.78, 5) is 11.6. The van der Waals surface area contributed by atoms with E-state index in [1.807, 2.05) is 31.2 Å². The first-order chi connectivity index (χ1) is 7.65. The molecule has 0 fully saturated rings. The SMILES string of the molecule is COc1cccc(CC(=O)N[C@@H](C)CN)c1.Cl. The topological polar surface area (TPSA) is 64.3 Å². The molecule has 1 aromatic carbocycles. The summed E-state index contributed by atoms with van der Waals surface area (Å²) < 4.78 is 5.09. The Morgan fingerprint density at radius 3 is 2.82 bits per heavy atom. The number of carbonyl (C=O) groups excluding carboxylic acids is 1. The smallest absolute Gasteiger partial charge is 0.224 e. The van der Waals surface area contributed by atoms with Crippen LogP contribution < -0.4 is 15.8 Å². The summed E-state index contributed by atoms with van der Waals surface area (Å²) in [5.74, 6) is 0.739. The molecule has 1 atom stereocenters. The third-order valence-electron chi connectivity index (χ3n) is 2.26. The first-order valence-electron chi connectivity index (χ1n) is 5.28. The molecule has 0 aliphatic heterocycles. The van der Waals surface area contributed by atoms with Crippen LogP contribution in [0.15, 0.2) is 24.3 Å². The van der Waals surface area contributed by atoms with E-state index in [1.54, 1.807) is 7.11 Å². The molecule has 4 nitrogen and oxygen atoms in total. The molecule has 0 aliphatic rings.